The van der Waals surface area contributed by atoms with E-state index in [1.807, 2.05) is 42.5 Å². The second kappa shape index (κ2) is 9.30. The molecule has 2 rings (SSSR count). The van der Waals surface area contributed by atoms with Crippen molar-refractivity contribution in [2.24, 2.45) is 0 Å². The van der Waals surface area contributed by atoms with E-state index in [-0.39, 0.29) is 0 Å². The Morgan fingerprint density at radius 3 is 2.50 bits per heavy atom. The van der Waals surface area contributed by atoms with Crippen molar-refractivity contribution in [2.45, 2.75) is 26.2 Å². The van der Waals surface area contributed by atoms with Crippen molar-refractivity contribution < 1.29 is 9.84 Å². The zero-order chi connectivity index (χ0) is 15.6. The molecule has 1 N–H and O–H groups in total. The highest BCUT2D eigenvalue weighted by Crippen LogP contribution is 2.05. The van der Waals surface area contributed by atoms with Gasteiger partial charge in [-0.1, -0.05) is 37.3 Å². The summed E-state index contributed by atoms with van der Waals surface area (Å²) in [6.45, 7) is 5.29. The fraction of sp³-hybridized carbons (Fsp3) is 0.389. The van der Waals surface area contributed by atoms with Gasteiger partial charge in [0.15, 0.2) is 0 Å². The normalized spacial score (nSPS) is 12.5. The van der Waals surface area contributed by atoms with Crippen LogP contribution in [-0.2, 0) is 17.9 Å². The Kier molecular flexibility index (Phi) is 7.03. The first-order chi connectivity index (χ1) is 10.8. The van der Waals surface area contributed by atoms with Crippen LogP contribution in [0, 0.1) is 0 Å². The van der Waals surface area contributed by atoms with Crippen LogP contribution >= 0.6 is 0 Å². The molecule has 0 amide bonds. The molecule has 1 aromatic heterocycles. The molecule has 1 atom stereocenters. The summed E-state index contributed by atoms with van der Waals surface area (Å²) in [7, 11) is 0. The summed E-state index contributed by atoms with van der Waals surface area (Å²) >= 11 is 0. The Labute approximate surface area is 132 Å². The zero-order valence-electron chi connectivity index (χ0n) is 13.1. The smallest absolute Gasteiger partial charge is 0.0900 e. The van der Waals surface area contributed by atoms with Gasteiger partial charge in [-0.25, -0.2) is 0 Å². The molecule has 1 unspecified atom stereocenters. The summed E-state index contributed by atoms with van der Waals surface area (Å²) in [5, 5.41) is 10.1. The van der Waals surface area contributed by atoms with Crippen LogP contribution in [0.3, 0.4) is 0 Å². The maximum atomic E-state index is 10.1. The summed E-state index contributed by atoms with van der Waals surface area (Å²) < 4.78 is 5.59. The maximum Gasteiger partial charge on any atom is 0.0900 e. The Bertz CT molecular complexity index is 519. The van der Waals surface area contributed by atoms with Gasteiger partial charge in [0.2, 0.25) is 0 Å². The first kappa shape index (κ1) is 16.6. The average molecular weight is 300 g/mol. The monoisotopic (exact) mass is 300 g/mol. The number of nitrogens with zero attached hydrogens (tertiary/aromatic N) is 2. The minimum atomic E-state index is -0.481. The molecule has 0 aliphatic rings. The van der Waals surface area contributed by atoms with E-state index < -0.39 is 6.10 Å². The van der Waals surface area contributed by atoms with Crippen LogP contribution in [-0.4, -0.2) is 40.8 Å². The third-order valence-corrected chi connectivity index (χ3v) is 3.49. The molecule has 0 saturated heterocycles. The molecule has 2 aromatic rings. The molecule has 22 heavy (non-hydrogen) atoms. The molecular formula is C18H24N2O2. The van der Waals surface area contributed by atoms with Crippen LogP contribution in [0.5, 0.6) is 0 Å². The molecule has 0 saturated carbocycles. The average Bonchev–Trinajstić information content (AvgIpc) is 2.56. The van der Waals surface area contributed by atoms with Gasteiger partial charge >= 0.3 is 0 Å². The molecule has 1 aromatic carbocycles. The van der Waals surface area contributed by atoms with Crippen molar-refractivity contribution in [1.82, 2.24) is 9.88 Å². The van der Waals surface area contributed by atoms with Gasteiger partial charge in [-0.2, -0.15) is 0 Å². The number of hydrogen-bond acceptors (Lipinski definition) is 4. The number of aliphatic hydroxyl groups is 1. The third kappa shape index (κ3) is 5.93. The van der Waals surface area contributed by atoms with Gasteiger partial charge in [0.1, 0.15) is 0 Å². The van der Waals surface area contributed by atoms with E-state index in [4.69, 9.17) is 4.74 Å². The molecule has 4 nitrogen and oxygen atoms in total. The number of rotatable bonds is 9. The van der Waals surface area contributed by atoms with Crippen molar-refractivity contribution in [2.75, 3.05) is 19.7 Å². The van der Waals surface area contributed by atoms with E-state index in [0.29, 0.717) is 19.8 Å². The van der Waals surface area contributed by atoms with Crippen molar-refractivity contribution >= 4 is 0 Å². The second-order valence-electron chi connectivity index (χ2n) is 5.34. The molecule has 0 bridgehead atoms. The van der Waals surface area contributed by atoms with E-state index in [1.54, 1.807) is 12.4 Å². The van der Waals surface area contributed by atoms with Crippen molar-refractivity contribution in [3.8, 4) is 0 Å². The van der Waals surface area contributed by atoms with Gasteiger partial charge in [0, 0.05) is 25.5 Å². The first-order valence-corrected chi connectivity index (χ1v) is 7.69. The van der Waals surface area contributed by atoms with Crippen LogP contribution in [0.4, 0.5) is 0 Å². The lowest BCUT2D eigenvalue weighted by atomic mass is 10.2. The van der Waals surface area contributed by atoms with Gasteiger partial charge in [-0.3, -0.25) is 9.88 Å². The molecule has 0 spiro atoms. The number of ether oxygens (including phenoxy) is 1. The molecular weight excluding hydrogens is 276 g/mol. The molecule has 0 fully saturated rings. The van der Waals surface area contributed by atoms with E-state index in [9.17, 15) is 5.11 Å². The van der Waals surface area contributed by atoms with E-state index in [2.05, 4.69) is 16.8 Å². The standard InChI is InChI=1S/C18H24N2O2/c1-2-20(12-16-8-10-19-11-9-16)13-18(21)15-22-14-17-6-4-3-5-7-17/h3-11,18,21H,2,12-15H2,1H3. The van der Waals surface area contributed by atoms with Gasteiger partial charge in [-0.05, 0) is 29.8 Å². The van der Waals surface area contributed by atoms with Gasteiger partial charge in [0.25, 0.3) is 0 Å². The topological polar surface area (TPSA) is 45.6 Å². The number of likely N-dealkylation sites (N-methyl/N-ethyl adjacent to an activating group) is 1. The largest absolute Gasteiger partial charge is 0.389 e. The van der Waals surface area contributed by atoms with E-state index in [0.717, 1.165) is 18.7 Å². The highest BCUT2D eigenvalue weighted by Gasteiger charge is 2.11. The van der Waals surface area contributed by atoms with Crippen molar-refractivity contribution in [3.63, 3.8) is 0 Å². The minimum absolute atomic E-state index is 0.349. The van der Waals surface area contributed by atoms with Crippen LogP contribution in [0.1, 0.15) is 18.1 Å². The molecule has 4 heteroatoms. The molecule has 118 valence electrons. The van der Waals surface area contributed by atoms with Crippen LogP contribution in [0.15, 0.2) is 54.9 Å². The van der Waals surface area contributed by atoms with Crippen LogP contribution in [0.25, 0.3) is 0 Å². The van der Waals surface area contributed by atoms with Crippen LogP contribution in [0.2, 0.25) is 0 Å². The predicted molar refractivity (Wildman–Crippen MR) is 87.3 cm³/mol. The quantitative estimate of drug-likeness (QED) is 0.773. The number of pyridine rings is 1. The molecule has 0 radical (unpaired) electrons. The fourth-order valence-corrected chi connectivity index (χ4v) is 2.29. The lowest BCUT2D eigenvalue weighted by Crippen LogP contribution is -2.34. The number of benzene rings is 1. The summed E-state index contributed by atoms with van der Waals surface area (Å²) in [6, 6.07) is 14.0. The van der Waals surface area contributed by atoms with Crippen molar-refractivity contribution in [3.05, 3.63) is 66.0 Å². The van der Waals surface area contributed by atoms with Gasteiger partial charge in [-0.15, -0.1) is 0 Å². The Balaban J connectivity index is 1.71. The maximum absolute atomic E-state index is 10.1. The SMILES string of the molecule is CCN(Cc1ccncc1)CC(O)COCc1ccccc1. The van der Waals surface area contributed by atoms with Gasteiger partial charge < -0.3 is 9.84 Å². The fourth-order valence-electron chi connectivity index (χ4n) is 2.29. The molecule has 0 aliphatic heterocycles. The first-order valence-electron chi connectivity index (χ1n) is 7.69. The highest BCUT2D eigenvalue weighted by molar-refractivity contribution is 5.13. The lowest BCUT2D eigenvalue weighted by molar-refractivity contribution is 0.00940. The van der Waals surface area contributed by atoms with Gasteiger partial charge in [0.05, 0.1) is 19.3 Å². The molecule has 1 heterocycles. The Hall–Kier alpha value is -1.75. The summed E-state index contributed by atoms with van der Waals surface area (Å²) in [5.74, 6) is 0. The third-order valence-electron chi connectivity index (χ3n) is 3.49. The van der Waals surface area contributed by atoms with Crippen molar-refractivity contribution in [1.29, 1.82) is 0 Å². The zero-order valence-corrected chi connectivity index (χ0v) is 13.1. The van der Waals surface area contributed by atoms with E-state index in [1.165, 1.54) is 5.56 Å². The highest BCUT2D eigenvalue weighted by atomic mass is 16.5. The Morgan fingerprint density at radius 2 is 1.82 bits per heavy atom. The second-order valence-corrected chi connectivity index (χ2v) is 5.34. The predicted octanol–water partition coefficient (Wildman–Crippen LogP) is 2.48. The molecule has 0 aliphatic carbocycles. The summed E-state index contributed by atoms with van der Waals surface area (Å²) in [6.07, 6.45) is 3.11. The summed E-state index contributed by atoms with van der Waals surface area (Å²) in [5.41, 5.74) is 2.33. The van der Waals surface area contributed by atoms with Crippen LogP contribution < -0.4 is 0 Å². The number of aliphatic hydroxyl groups excluding tert-OH is 1. The van der Waals surface area contributed by atoms with E-state index >= 15 is 0 Å². The Morgan fingerprint density at radius 1 is 1.09 bits per heavy atom. The lowest BCUT2D eigenvalue weighted by Gasteiger charge is -2.23. The minimum Gasteiger partial charge on any atom is -0.389 e. The number of hydrogen-bond donors (Lipinski definition) is 1. The summed E-state index contributed by atoms with van der Waals surface area (Å²) in [4.78, 5) is 6.22. The number of aromatic nitrogens is 1.